The van der Waals surface area contributed by atoms with Crippen molar-refractivity contribution in [3.8, 4) is 0 Å². The standard InChI is InChI=1S/C19H19N5O2S/c1-3-23-11-19-13(9-10-27-19)24(12-7-5-4-6-8-12)21-15(19)14-16(23)20-18(26)22(2)17(14)25/h4-10,13H,3,11H2,1-2H3,(H,20,26). The Morgan fingerprint density at radius 3 is 2.81 bits per heavy atom. The zero-order valence-corrected chi connectivity index (χ0v) is 15.9. The first kappa shape index (κ1) is 16.4. The topological polar surface area (TPSA) is 73.7 Å². The number of hydrazone groups is 1. The van der Waals surface area contributed by atoms with Crippen LogP contribution in [0.1, 0.15) is 12.5 Å². The molecule has 3 aliphatic rings. The fourth-order valence-corrected chi connectivity index (χ4v) is 5.42. The molecule has 0 radical (unpaired) electrons. The van der Waals surface area contributed by atoms with Crippen LogP contribution in [-0.2, 0) is 7.05 Å². The van der Waals surface area contributed by atoms with Gasteiger partial charge in [-0.05, 0) is 24.5 Å². The second kappa shape index (κ2) is 5.63. The number of rotatable bonds is 2. The maximum Gasteiger partial charge on any atom is 0.329 e. The van der Waals surface area contributed by atoms with Crippen LogP contribution in [0.4, 0.5) is 11.5 Å². The van der Waals surface area contributed by atoms with Gasteiger partial charge in [-0.25, -0.2) is 4.79 Å². The molecule has 0 fully saturated rings. The minimum Gasteiger partial charge on any atom is -0.356 e. The average Bonchev–Trinajstić information content (AvgIpc) is 3.22. The first-order chi connectivity index (χ1) is 13.1. The summed E-state index contributed by atoms with van der Waals surface area (Å²) in [6, 6.07) is 10.0. The van der Waals surface area contributed by atoms with E-state index in [0.717, 1.165) is 16.0 Å². The van der Waals surface area contributed by atoms with Crippen LogP contribution in [0.15, 0.2) is 56.5 Å². The summed E-state index contributed by atoms with van der Waals surface area (Å²) in [4.78, 5) is 30.2. The van der Waals surface area contributed by atoms with Crippen LogP contribution in [0.25, 0.3) is 0 Å². The van der Waals surface area contributed by atoms with Crippen molar-refractivity contribution >= 4 is 29.0 Å². The van der Waals surface area contributed by atoms with Crippen molar-refractivity contribution in [1.82, 2.24) is 9.55 Å². The van der Waals surface area contributed by atoms with Gasteiger partial charge in [0.25, 0.3) is 5.56 Å². The molecule has 2 unspecified atom stereocenters. The number of aromatic amines is 1. The van der Waals surface area contributed by atoms with Gasteiger partial charge < -0.3 is 4.90 Å². The molecule has 0 amide bonds. The van der Waals surface area contributed by atoms with Gasteiger partial charge in [0.05, 0.1) is 17.4 Å². The van der Waals surface area contributed by atoms with Crippen LogP contribution < -0.4 is 21.2 Å². The fourth-order valence-electron chi connectivity index (χ4n) is 4.15. The maximum absolute atomic E-state index is 13.1. The smallest absolute Gasteiger partial charge is 0.329 e. The van der Waals surface area contributed by atoms with Crippen LogP contribution in [0, 0.1) is 0 Å². The van der Waals surface area contributed by atoms with Crippen molar-refractivity contribution < 1.29 is 0 Å². The minimum atomic E-state index is -0.402. The summed E-state index contributed by atoms with van der Waals surface area (Å²) in [7, 11) is 1.50. The highest BCUT2D eigenvalue weighted by Crippen LogP contribution is 2.50. The lowest BCUT2D eigenvalue weighted by Gasteiger charge is -2.41. The minimum absolute atomic E-state index is 0.0266. The first-order valence-electron chi connectivity index (χ1n) is 8.93. The summed E-state index contributed by atoms with van der Waals surface area (Å²) >= 11 is 1.71. The molecule has 1 N–H and O–H groups in total. The van der Waals surface area contributed by atoms with Gasteiger partial charge in [-0.1, -0.05) is 24.3 Å². The van der Waals surface area contributed by atoms with E-state index < -0.39 is 5.69 Å². The van der Waals surface area contributed by atoms with Crippen LogP contribution >= 0.6 is 11.8 Å². The number of thioether (sulfide) groups is 1. The molecule has 1 spiro atoms. The quantitative estimate of drug-likeness (QED) is 0.854. The normalized spacial score (nSPS) is 25.3. The predicted octanol–water partition coefficient (Wildman–Crippen LogP) is 1.51. The summed E-state index contributed by atoms with van der Waals surface area (Å²) in [5.74, 6) is 0.580. The van der Waals surface area contributed by atoms with E-state index in [1.165, 1.54) is 7.05 Å². The number of nitrogens with one attached hydrogen (secondary N) is 1. The number of H-pyrrole nitrogens is 1. The lowest BCUT2D eigenvalue weighted by molar-refractivity contribution is 0.618. The van der Waals surface area contributed by atoms with Crippen molar-refractivity contribution in [3.63, 3.8) is 0 Å². The van der Waals surface area contributed by atoms with E-state index in [2.05, 4.69) is 21.4 Å². The molecule has 8 heteroatoms. The molecule has 3 aliphatic heterocycles. The molecule has 0 bridgehead atoms. The van der Waals surface area contributed by atoms with E-state index in [-0.39, 0.29) is 16.3 Å². The number of para-hydroxylation sites is 1. The van der Waals surface area contributed by atoms with E-state index in [4.69, 9.17) is 5.10 Å². The summed E-state index contributed by atoms with van der Waals surface area (Å²) in [6.45, 7) is 3.41. The first-order valence-corrected chi connectivity index (χ1v) is 9.81. The number of fused-ring (bicyclic) bond motifs is 2. The molecule has 7 nitrogen and oxygen atoms in total. The lowest BCUT2D eigenvalue weighted by Crippen LogP contribution is -2.58. The summed E-state index contributed by atoms with van der Waals surface area (Å²) < 4.78 is 0.769. The number of hydrogen-bond donors (Lipinski definition) is 1. The van der Waals surface area contributed by atoms with E-state index >= 15 is 0 Å². The molecule has 4 heterocycles. The van der Waals surface area contributed by atoms with E-state index in [1.54, 1.807) is 11.8 Å². The summed E-state index contributed by atoms with van der Waals surface area (Å²) in [5.41, 5.74) is 1.54. The van der Waals surface area contributed by atoms with Crippen LogP contribution in [-0.4, -0.2) is 39.1 Å². The van der Waals surface area contributed by atoms with Crippen LogP contribution in [0.5, 0.6) is 0 Å². The fraction of sp³-hybridized carbons (Fsp3) is 0.316. The van der Waals surface area contributed by atoms with Crippen molar-refractivity contribution in [2.24, 2.45) is 12.1 Å². The van der Waals surface area contributed by atoms with E-state index in [0.29, 0.717) is 24.5 Å². The molecule has 1 aromatic carbocycles. The largest absolute Gasteiger partial charge is 0.356 e. The molecule has 0 saturated carbocycles. The zero-order valence-electron chi connectivity index (χ0n) is 15.0. The highest BCUT2D eigenvalue weighted by molar-refractivity contribution is 8.04. The van der Waals surface area contributed by atoms with Crippen molar-refractivity contribution in [2.75, 3.05) is 23.0 Å². The average molecular weight is 381 g/mol. The van der Waals surface area contributed by atoms with Gasteiger partial charge in [0.1, 0.15) is 16.1 Å². The third-order valence-corrected chi connectivity index (χ3v) is 6.83. The molecular formula is C19H19N5O2S. The Labute approximate surface area is 160 Å². The number of nitrogens with zero attached hydrogens (tertiary/aromatic N) is 4. The molecule has 138 valence electrons. The second-order valence-corrected chi connectivity index (χ2v) is 8.18. The van der Waals surface area contributed by atoms with E-state index in [1.807, 2.05) is 42.3 Å². The Morgan fingerprint density at radius 2 is 2.07 bits per heavy atom. The Bertz CT molecular complexity index is 1100. The molecule has 2 atom stereocenters. The SMILES string of the molecule is CCN1CC23SC=CC2N(c2ccccc2)N=C3c2c1[nH]c(=O)n(C)c2=O. The zero-order chi connectivity index (χ0) is 18.8. The number of anilines is 2. The van der Waals surface area contributed by atoms with Gasteiger partial charge in [0.15, 0.2) is 0 Å². The maximum atomic E-state index is 13.1. The Hall–Kier alpha value is -2.74. The molecule has 1 aromatic heterocycles. The predicted molar refractivity (Wildman–Crippen MR) is 109 cm³/mol. The van der Waals surface area contributed by atoms with Gasteiger partial charge in [-0.3, -0.25) is 19.4 Å². The highest BCUT2D eigenvalue weighted by Gasteiger charge is 2.58. The molecular weight excluding hydrogens is 362 g/mol. The van der Waals surface area contributed by atoms with Crippen LogP contribution in [0.2, 0.25) is 0 Å². The lowest BCUT2D eigenvalue weighted by atomic mass is 9.86. The second-order valence-electron chi connectivity index (χ2n) is 6.94. The van der Waals surface area contributed by atoms with Crippen molar-refractivity contribution in [1.29, 1.82) is 0 Å². The third-order valence-electron chi connectivity index (χ3n) is 5.56. The molecule has 0 saturated heterocycles. The Kier molecular flexibility index (Phi) is 3.42. The Balaban J connectivity index is 1.79. The van der Waals surface area contributed by atoms with Gasteiger partial charge in [0, 0.05) is 20.1 Å². The molecule has 2 aromatic rings. The third kappa shape index (κ3) is 2.07. The number of aromatic nitrogens is 2. The van der Waals surface area contributed by atoms with Gasteiger partial charge >= 0.3 is 5.69 Å². The monoisotopic (exact) mass is 381 g/mol. The highest BCUT2D eigenvalue weighted by atomic mass is 32.2. The molecule has 0 aliphatic carbocycles. The van der Waals surface area contributed by atoms with Gasteiger partial charge in [0.2, 0.25) is 0 Å². The van der Waals surface area contributed by atoms with Gasteiger partial charge in [-0.15, -0.1) is 11.8 Å². The van der Waals surface area contributed by atoms with Crippen molar-refractivity contribution in [2.45, 2.75) is 17.7 Å². The molecule has 27 heavy (non-hydrogen) atoms. The molecule has 5 rings (SSSR count). The number of hydrogen-bond acceptors (Lipinski definition) is 6. The summed E-state index contributed by atoms with van der Waals surface area (Å²) in [6.07, 6.45) is 2.16. The van der Waals surface area contributed by atoms with Crippen molar-refractivity contribution in [3.05, 3.63) is 68.2 Å². The van der Waals surface area contributed by atoms with Crippen LogP contribution in [0.3, 0.4) is 0 Å². The Morgan fingerprint density at radius 1 is 1.30 bits per heavy atom. The van der Waals surface area contributed by atoms with Gasteiger partial charge in [-0.2, -0.15) is 5.10 Å². The number of benzene rings is 1. The summed E-state index contributed by atoms with van der Waals surface area (Å²) in [5, 5.41) is 9.01. The van der Waals surface area contributed by atoms with E-state index in [9.17, 15) is 9.59 Å².